The lowest BCUT2D eigenvalue weighted by atomic mass is 9.80. The number of hydrogen-bond acceptors (Lipinski definition) is 6. The highest BCUT2D eigenvalue weighted by Crippen LogP contribution is 2.34. The summed E-state index contributed by atoms with van der Waals surface area (Å²) >= 11 is 1.66. The average molecular weight is 424 g/mol. The predicted molar refractivity (Wildman–Crippen MR) is 119 cm³/mol. The Bertz CT molecular complexity index is 653. The van der Waals surface area contributed by atoms with Crippen LogP contribution in [0.5, 0.6) is 0 Å². The first-order chi connectivity index (χ1) is 14.1. The van der Waals surface area contributed by atoms with Crippen LogP contribution in [-0.2, 0) is 16.0 Å². The van der Waals surface area contributed by atoms with Crippen molar-refractivity contribution in [2.24, 2.45) is 4.99 Å². The summed E-state index contributed by atoms with van der Waals surface area (Å²) in [6.45, 7) is 7.47. The number of morpholine rings is 1. The van der Waals surface area contributed by atoms with Crippen LogP contribution in [0.4, 0.5) is 0 Å². The molecule has 1 atom stereocenters. The fraction of sp³-hybridized carbons (Fsp3) is 0.810. The SMILES string of the molecule is CN=C(NCC1(N2CCOCC2)CCCCC1)N(C)Cc1csc(C(C)OC)n1. The summed E-state index contributed by atoms with van der Waals surface area (Å²) in [6.07, 6.45) is 6.53. The van der Waals surface area contributed by atoms with Crippen LogP contribution in [0.3, 0.4) is 0 Å². The number of ether oxygens (including phenoxy) is 2. The summed E-state index contributed by atoms with van der Waals surface area (Å²) in [4.78, 5) is 14.1. The standard InChI is InChI=1S/C21H37N5O2S/c1-17(27-4)19-24-18(15-29-19)14-25(3)20(22-2)23-16-21(8-6-5-7-9-21)26-10-12-28-13-11-26/h15,17H,5-14,16H2,1-4H3,(H,22,23). The van der Waals surface area contributed by atoms with Crippen LogP contribution >= 0.6 is 11.3 Å². The molecule has 0 amide bonds. The van der Waals surface area contributed by atoms with Crippen molar-refractivity contribution in [3.8, 4) is 0 Å². The molecule has 1 saturated carbocycles. The third-order valence-electron chi connectivity index (χ3n) is 6.29. The molecular weight excluding hydrogens is 386 g/mol. The highest BCUT2D eigenvalue weighted by atomic mass is 32.1. The summed E-state index contributed by atoms with van der Waals surface area (Å²) < 4.78 is 11.0. The Labute approximate surface area is 179 Å². The molecule has 0 spiro atoms. The van der Waals surface area contributed by atoms with Gasteiger partial charge in [0.15, 0.2) is 5.96 Å². The smallest absolute Gasteiger partial charge is 0.193 e. The quantitative estimate of drug-likeness (QED) is 0.537. The Morgan fingerprint density at radius 3 is 2.76 bits per heavy atom. The Kier molecular flexibility index (Phi) is 8.29. The molecule has 29 heavy (non-hydrogen) atoms. The molecular formula is C21H37N5O2S. The highest BCUT2D eigenvalue weighted by molar-refractivity contribution is 7.09. The molecule has 1 aliphatic carbocycles. The maximum Gasteiger partial charge on any atom is 0.193 e. The van der Waals surface area contributed by atoms with Gasteiger partial charge < -0.3 is 19.7 Å². The summed E-state index contributed by atoms with van der Waals surface area (Å²) in [6, 6.07) is 0. The molecule has 3 rings (SSSR count). The minimum Gasteiger partial charge on any atom is -0.379 e. The molecule has 2 heterocycles. The largest absolute Gasteiger partial charge is 0.379 e. The van der Waals surface area contributed by atoms with Gasteiger partial charge in [0.25, 0.3) is 0 Å². The van der Waals surface area contributed by atoms with E-state index >= 15 is 0 Å². The van der Waals surface area contributed by atoms with Gasteiger partial charge in [-0.05, 0) is 19.8 Å². The van der Waals surface area contributed by atoms with Gasteiger partial charge in [-0.1, -0.05) is 19.3 Å². The van der Waals surface area contributed by atoms with Crippen LogP contribution in [0.1, 0.15) is 55.8 Å². The first kappa shape index (κ1) is 22.5. The topological polar surface area (TPSA) is 62.2 Å². The Balaban J connectivity index is 1.61. The van der Waals surface area contributed by atoms with Crippen molar-refractivity contribution >= 4 is 17.3 Å². The van der Waals surface area contributed by atoms with E-state index in [1.807, 2.05) is 14.0 Å². The van der Waals surface area contributed by atoms with Crippen LogP contribution < -0.4 is 5.32 Å². The fourth-order valence-corrected chi connectivity index (χ4v) is 5.32. The van der Waals surface area contributed by atoms with Crippen LogP contribution in [0, 0.1) is 0 Å². The minimum absolute atomic E-state index is 0.0381. The Morgan fingerprint density at radius 2 is 2.10 bits per heavy atom. The lowest BCUT2D eigenvalue weighted by molar-refractivity contribution is -0.0354. The number of nitrogens with one attached hydrogen (secondary N) is 1. The molecule has 0 radical (unpaired) electrons. The van der Waals surface area contributed by atoms with Gasteiger partial charge in [-0.3, -0.25) is 9.89 Å². The normalized spacial score (nSPS) is 21.7. The number of thiazole rings is 1. The van der Waals surface area contributed by atoms with E-state index in [9.17, 15) is 0 Å². The maximum absolute atomic E-state index is 5.60. The van der Waals surface area contributed by atoms with Gasteiger partial charge in [0.05, 0.1) is 25.5 Å². The van der Waals surface area contributed by atoms with Crippen molar-refractivity contribution in [1.29, 1.82) is 0 Å². The summed E-state index contributed by atoms with van der Waals surface area (Å²) in [5.41, 5.74) is 1.28. The lowest BCUT2D eigenvalue weighted by Gasteiger charge is -2.48. The van der Waals surface area contributed by atoms with Gasteiger partial charge >= 0.3 is 0 Å². The fourth-order valence-electron chi connectivity index (χ4n) is 4.48. The van der Waals surface area contributed by atoms with E-state index in [1.165, 1.54) is 32.1 Å². The number of hydrogen-bond donors (Lipinski definition) is 1. The zero-order chi connectivity index (χ0) is 20.7. The van der Waals surface area contributed by atoms with Crippen molar-refractivity contribution in [2.45, 2.75) is 57.2 Å². The van der Waals surface area contributed by atoms with E-state index in [-0.39, 0.29) is 11.6 Å². The third-order valence-corrected chi connectivity index (χ3v) is 7.34. The molecule has 1 unspecified atom stereocenters. The second-order valence-electron chi connectivity index (χ2n) is 8.20. The molecule has 7 nitrogen and oxygen atoms in total. The molecule has 2 fully saturated rings. The number of rotatable bonds is 7. The van der Waals surface area contributed by atoms with E-state index in [2.05, 4.69) is 32.5 Å². The number of methoxy groups -OCH3 is 1. The monoisotopic (exact) mass is 423 g/mol. The minimum atomic E-state index is 0.0381. The number of guanidine groups is 1. The van der Waals surface area contributed by atoms with Crippen LogP contribution in [0.25, 0.3) is 0 Å². The summed E-state index contributed by atoms with van der Waals surface area (Å²) in [5, 5.41) is 6.82. The van der Waals surface area contributed by atoms with Crippen LogP contribution in [-0.4, -0.2) is 80.3 Å². The van der Waals surface area contributed by atoms with E-state index in [0.29, 0.717) is 0 Å². The Hall–Kier alpha value is -1.22. The van der Waals surface area contributed by atoms with Gasteiger partial charge in [-0.25, -0.2) is 4.98 Å². The second-order valence-corrected chi connectivity index (χ2v) is 9.09. The van der Waals surface area contributed by atoms with E-state index < -0.39 is 0 Å². The zero-order valence-electron chi connectivity index (χ0n) is 18.4. The molecule has 2 aliphatic rings. The first-order valence-electron chi connectivity index (χ1n) is 10.8. The van der Waals surface area contributed by atoms with Crippen molar-refractivity contribution in [1.82, 2.24) is 20.1 Å². The van der Waals surface area contributed by atoms with E-state index in [1.54, 1.807) is 18.4 Å². The molecule has 1 N–H and O–H groups in total. The van der Waals surface area contributed by atoms with E-state index in [0.717, 1.165) is 56.1 Å². The molecule has 1 saturated heterocycles. The third kappa shape index (κ3) is 5.69. The number of nitrogens with zero attached hydrogens (tertiary/aromatic N) is 4. The van der Waals surface area contributed by atoms with Gasteiger partial charge in [0.1, 0.15) is 11.1 Å². The molecule has 1 aliphatic heterocycles. The molecule has 164 valence electrons. The van der Waals surface area contributed by atoms with Gasteiger partial charge in [0, 0.05) is 51.8 Å². The number of aliphatic imine (C=N–C) groups is 1. The summed E-state index contributed by atoms with van der Waals surface area (Å²) in [5.74, 6) is 0.928. The first-order valence-corrected chi connectivity index (χ1v) is 11.7. The van der Waals surface area contributed by atoms with Gasteiger partial charge in [-0.15, -0.1) is 11.3 Å². The van der Waals surface area contributed by atoms with Crippen molar-refractivity contribution in [3.05, 3.63) is 16.1 Å². The molecule has 1 aromatic rings. The lowest BCUT2D eigenvalue weighted by Crippen LogP contribution is -2.60. The highest BCUT2D eigenvalue weighted by Gasteiger charge is 2.38. The van der Waals surface area contributed by atoms with Crippen LogP contribution in [0.15, 0.2) is 10.4 Å². The van der Waals surface area contributed by atoms with Crippen molar-refractivity contribution in [3.63, 3.8) is 0 Å². The predicted octanol–water partition coefficient (Wildman–Crippen LogP) is 2.89. The van der Waals surface area contributed by atoms with Gasteiger partial charge in [0.2, 0.25) is 0 Å². The van der Waals surface area contributed by atoms with Crippen LogP contribution in [0.2, 0.25) is 0 Å². The van der Waals surface area contributed by atoms with Gasteiger partial charge in [-0.2, -0.15) is 0 Å². The second kappa shape index (κ2) is 10.7. The van der Waals surface area contributed by atoms with Crippen molar-refractivity contribution in [2.75, 3.05) is 54.1 Å². The number of aromatic nitrogens is 1. The van der Waals surface area contributed by atoms with E-state index in [4.69, 9.17) is 14.5 Å². The molecule has 1 aromatic heterocycles. The molecule has 0 bridgehead atoms. The average Bonchev–Trinajstić information content (AvgIpc) is 3.23. The molecule has 0 aromatic carbocycles. The maximum atomic E-state index is 5.60. The van der Waals surface area contributed by atoms with Crippen molar-refractivity contribution < 1.29 is 9.47 Å². The summed E-state index contributed by atoms with van der Waals surface area (Å²) in [7, 11) is 5.66. The Morgan fingerprint density at radius 1 is 1.38 bits per heavy atom. The molecule has 8 heteroatoms. The zero-order valence-corrected chi connectivity index (χ0v) is 19.3.